The van der Waals surface area contributed by atoms with E-state index in [9.17, 15) is 8.78 Å². The first-order valence-corrected chi connectivity index (χ1v) is 8.02. The van der Waals surface area contributed by atoms with Gasteiger partial charge in [0.25, 0.3) is 0 Å². The summed E-state index contributed by atoms with van der Waals surface area (Å²) in [4.78, 5) is 0. The number of fused-ring (bicyclic) bond motifs is 1. The molecule has 0 bridgehead atoms. The molecule has 0 fully saturated rings. The van der Waals surface area contributed by atoms with Crippen LogP contribution >= 0.6 is 0 Å². The van der Waals surface area contributed by atoms with Crippen LogP contribution in [0.4, 0.5) is 8.78 Å². The third-order valence-corrected chi connectivity index (χ3v) is 3.92. The van der Waals surface area contributed by atoms with Gasteiger partial charge in [-0.1, -0.05) is 36.9 Å². The van der Waals surface area contributed by atoms with Crippen LogP contribution in [0.25, 0.3) is 21.9 Å². The fourth-order valence-electron chi connectivity index (χ4n) is 2.73. The van der Waals surface area contributed by atoms with Crippen molar-refractivity contribution in [3.05, 3.63) is 67.3 Å². The Labute approximate surface area is 150 Å². The van der Waals surface area contributed by atoms with Crippen molar-refractivity contribution < 1.29 is 23.0 Å². The van der Waals surface area contributed by atoms with Gasteiger partial charge in [0.15, 0.2) is 11.5 Å². The van der Waals surface area contributed by atoms with E-state index < -0.39 is 6.61 Å². The van der Waals surface area contributed by atoms with Gasteiger partial charge in [0.05, 0.1) is 7.11 Å². The molecule has 0 aliphatic heterocycles. The maximum absolute atomic E-state index is 12.7. The van der Waals surface area contributed by atoms with Gasteiger partial charge in [0.2, 0.25) is 0 Å². The Morgan fingerprint density at radius 1 is 1.00 bits per heavy atom. The molecule has 0 saturated heterocycles. The lowest BCUT2D eigenvalue weighted by Gasteiger charge is -2.13. The summed E-state index contributed by atoms with van der Waals surface area (Å²) in [5.41, 5.74) is 1.95. The molecule has 0 N–H and O–H groups in total. The van der Waals surface area contributed by atoms with Crippen LogP contribution < -0.4 is 14.2 Å². The summed E-state index contributed by atoms with van der Waals surface area (Å²) in [5.74, 6) is 1.07. The van der Waals surface area contributed by atoms with Gasteiger partial charge in [-0.15, -0.1) is 0 Å². The number of benzene rings is 3. The zero-order chi connectivity index (χ0) is 18.5. The smallest absolute Gasteiger partial charge is 0.387 e. The minimum atomic E-state index is -2.92. The molecule has 0 spiro atoms. The molecular formula is C21H18F2O3. The molecule has 3 nitrogen and oxygen atoms in total. The van der Waals surface area contributed by atoms with Crippen molar-refractivity contribution in [1.29, 1.82) is 0 Å². The lowest BCUT2D eigenvalue weighted by Crippen LogP contribution is -2.04. The van der Waals surface area contributed by atoms with Crippen molar-refractivity contribution in [3.63, 3.8) is 0 Å². The van der Waals surface area contributed by atoms with Gasteiger partial charge >= 0.3 is 6.61 Å². The molecule has 0 radical (unpaired) electrons. The van der Waals surface area contributed by atoms with Crippen molar-refractivity contribution >= 4 is 10.8 Å². The van der Waals surface area contributed by atoms with Crippen molar-refractivity contribution in [2.24, 2.45) is 0 Å². The highest BCUT2D eigenvalue weighted by Crippen LogP contribution is 2.38. The molecule has 0 saturated carbocycles. The van der Waals surface area contributed by atoms with Gasteiger partial charge in [-0.2, -0.15) is 8.78 Å². The normalized spacial score (nSPS) is 10.8. The zero-order valence-corrected chi connectivity index (χ0v) is 14.2. The summed E-state index contributed by atoms with van der Waals surface area (Å²) in [6, 6.07) is 16.6. The predicted molar refractivity (Wildman–Crippen MR) is 98.3 cm³/mol. The number of halogens is 2. The molecule has 0 unspecified atom stereocenters. The number of hydrogen-bond donors (Lipinski definition) is 0. The Morgan fingerprint density at radius 2 is 1.73 bits per heavy atom. The number of ether oxygens (including phenoxy) is 3. The molecule has 0 atom stereocenters. The van der Waals surface area contributed by atoms with Crippen LogP contribution in [0.5, 0.6) is 17.2 Å². The fraction of sp³-hybridized carbons (Fsp3) is 0.143. The Kier molecular flexibility index (Phi) is 5.37. The average Bonchev–Trinajstić information content (AvgIpc) is 2.66. The van der Waals surface area contributed by atoms with Crippen molar-refractivity contribution in [2.45, 2.75) is 6.61 Å². The van der Waals surface area contributed by atoms with Crippen LogP contribution in [0.3, 0.4) is 0 Å². The maximum Gasteiger partial charge on any atom is 0.387 e. The monoisotopic (exact) mass is 356 g/mol. The summed E-state index contributed by atoms with van der Waals surface area (Å²) in [6.45, 7) is 1.15. The molecule has 0 amide bonds. The van der Waals surface area contributed by atoms with E-state index in [1.54, 1.807) is 18.2 Å². The van der Waals surface area contributed by atoms with Crippen molar-refractivity contribution in [1.82, 2.24) is 0 Å². The Balaban J connectivity index is 1.97. The molecule has 0 aromatic heterocycles. The van der Waals surface area contributed by atoms with E-state index in [4.69, 9.17) is 9.47 Å². The van der Waals surface area contributed by atoms with Crippen LogP contribution in [0.1, 0.15) is 0 Å². The summed E-state index contributed by atoms with van der Waals surface area (Å²) in [6.07, 6.45) is 1.69. The fourth-order valence-corrected chi connectivity index (χ4v) is 2.73. The van der Waals surface area contributed by atoms with E-state index in [1.165, 1.54) is 7.11 Å². The highest BCUT2D eigenvalue weighted by molar-refractivity contribution is 5.93. The molecule has 0 aliphatic rings. The first-order valence-electron chi connectivity index (χ1n) is 8.02. The van der Waals surface area contributed by atoms with Gasteiger partial charge in [-0.3, -0.25) is 0 Å². The largest absolute Gasteiger partial charge is 0.493 e. The Morgan fingerprint density at radius 3 is 2.38 bits per heavy atom. The van der Waals surface area contributed by atoms with Crippen molar-refractivity contribution in [3.8, 4) is 28.4 Å². The van der Waals surface area contributed by atoms with Crippen LogP contribution in [-0.2, 0) is 0 Å². The number of alkyl halides is 2. The minimum absolute atomic E-state index is 0.0414. The average molecular weight is 356 g/mol. The molecule has 3 aromatic rings. The lowest BCUT2D eigenvalue weighted by atomic mass is 10.0. The second-order valence-electron chi connectivity index (χ2n) is 5.54. The first kappa shape index (κ1) is 17.7. The summed E-state index contributed by atoms with van der Waals surface area (Å²) >= 11 is 0. The maximum atomic E-state index is 12.7. The predicted octanol–water partition coefficient (Wildman–Crippen LogP) is 5.68. The van der Waals surface area contributed by atoms with Crippen LogP contribution in [0, 0.1) is 0 Å². The van der Waals surface area contributed by atoms with E-state index in [0.717, 1.165) is 22.3 Å². The lowest BCUT2D eigenvalue weighted by molar-refractivity contribution is -0.0501. The molecule has 5 heteroatoms. The first-order chi connectivity index (χ1) is 12.6. The second-order valence-corrected chi connectivity index (χ2v) is 5.54. The molecule has 3 rings (SSSR count). The second kappa shape index (κ2) is 7.87. The highest BCUT2D eigenvalue weighted by Gasteiger charge is 2.15. The van der Waals surface area contributed by atoms with Crippen LogP contribution in [0.15, 0.2) is 67.3 Å². The topological polar surface area (TPSA) is 27.7 Å². The quantitative estimate of drug-likeness (QED) is 0.510. The molecule has 134 valence electrons. The third kappa shape index (κ3) is 3.77. The van der Waals surface area contributed by atoms with E-state index in [0.29, 0.717) is 12.0 Å². The number of hydrogen-bond acceptors (Lipinski definition) is 3. The molecule has 26 heavy (non-hydrogen) atoms. The SMILES string of the molecule is C=CCOc1ccc(-c2ccc3c(OC(F)F)c(OC)ccc3c2)cc1. The minimum Gasteiger partial charge on any atom is -0.493 e. The van der Waals surface area contributed by atoms with E-state index >= 15 is 0 Å². The van der Waals surface area contributed by atoms with E-state index in [-0.39, 0.29) is 11.5 Å². The Bertz CT molecular complexity index is 905. The van der Waals surface area contributed by atoms with Gasteiger partial charge in [0.1, 0.15) is 12.4 Å². The standard InChI is InChI=1S/C21H18F2O3/c1-3-12-25-17-8-4-14(5-9-17)15-6-10-18-16(13-15)7-11-19(24-2)20(18)26-21(22)23/h3-11,13,21H,1,12H2,2H3. The molecule has 3 aromatic carbocycles. The van der Waals surface area contributed by atoms with Gasteiger partial charge in [-0.25, -0.2) is 0 Å². The molecule has 0 heterocycles. The van der Waals surface area contributed by atoms with E-state index in [1.807, 2.05) is 42.5 Å². The number of rotatable bonds is 7. The van der Waals surface area contributed by atoms with Gasteiger partial charge in [0, 0.05) is 5.39 Å². The van der Waals surface area contributed by atoms with Gasteiger partial charge in [-0.05, 0) is 46.8 Å². The van der Waals surface area contributed by atoms with E-state index in [2.05, 4.69) is 11.3 Å². The van der Waals surface area contributed by atoms with Crippen molar-refractivity contribution in [2.75, 3.05) is 13.7 Å². The zero-order valence-electron chi connectivity index (χ0n) is 14.2. The third-order valence-electron chi connectivity index (χ3n) is 3.92. The van der Waals surface area contributed by atoms with Gasteiger partial charge < -0.3 is 14.2 Å². The Hall–Kier alpha value is -3.08. The van der Waals surface area contributed by atoms with Crippen LogP contribution in [-0.4, -0.2) is 20.3 Å². The summed E-state index contributed by atoms with van der Waals surface area (Å²) in [7, 11) is 1.42. The highest BCUT2D eigenvalue weighted by atomic mass is 19.3. The van der Waals surface area contributed by atoms with Crippen LogP contribution in [0.2, 0.25) is 0 Å². The number of methoxy groups -OCH3 is 1. The summed E-state index contributed by atoms with van der Waals surface area (Å²) < 4.78 is 40.8. The summed E-state index contributed by atoms with van der Waals surface area (Å²) in [5, 5.41) is 1.35. The molecular weight excluding hydrogens is 338 g/mol. The molecule has 0 aliphatic carbocycles.